The van der Waals surface area contributed by atoms with Crippen LogP contribution in [0.2, 0.25) is 10.0 Å². The van der Waals surface area contributed by atoms with Gasteiger partial charge in [-0.3, -0.25) is 9.59 Å². The highest BCUT2D eigenvalue weighted by Crippen LogP contribution is 2.39. The summed E-state index contributed by atoms with van der Waals surface area (Å²) in [4.78, 5) is 32.5. The fraction of sp³-hybridized carbons (Fsp3) is 0. The van der Waals surface area contributed by atoms with Crippen molar-refractivity contribution in [1.29, 1.82) is 0 Å². The largest absolute Gasteiger partial charge is 0.507 e. The SMILES string of the molecule is O=Cc1cc(Oc2c(Cl)cc(NC(=O)C(=O)O)cc2Cl)ccc1O. The minimum atomic E-state index is -1.66. The highest BCUT2D eigenvalue weighted by atomic mass is 35.5. The Labute approximate surface area is 145 Å². The second-order valence-corrected chi connectivity index (χ2v) is 5.28. The Morgan fingerprint density at radius 1 is 1.12 bits per heavy atom. The van der Waals surface area contributed by atoms with Gasteiger partial charge in [-0.1, -0.05) is 23.2 Å². The van der Waals surface area contributed by atoms with E-state index in [0.717, 1.165) is 0 Å². The molecule has 7 nitrogen and oxygen atoms in total. The van der Waals surface area contributed by atoms with E-state index in [0.29, 0.717) is 6.29 Å². The lowest BCUT2D eigenvalue weighted by Gasteiger charge is -2.12. The number of aromatic hydroxyl groups is 1. The van der Waals surface area contributed by atoms with Crippen molar-refractivity contribution in [3.8, 4) is 17.2 Å². The molecule has 0 radical (unpaired) electrons. The van der Waals surface area contributed by atoms with Crippen LogP contribution in [0.5, 0.6) is 17.2 Å². The number of carboxylic acid groups (broad SMARTS) is 1. The number of aldehydes is 1. The van der Waals surface area contributed by atoms with Crippen LogP contribution < -0.4 is 10.1 Å². The molecule has 3 N–H and O–H groups in total. The fourth-order valence-electron chi connectivity index (χ4n) is 1.72. The minimum Gasteiger partial charge on any atom is -0.507 e. The zero-order valence-electron chi connectivity index (χ0n) is 11.7. The molecule has 0 aromatic heterocycles. The van der Waals surface area contributed by atoms with Gasteiger partial charge in [0.15, 0.2) is 12.0 Å². The van der Waals surface area contributed by atoms with Crippen molar-refractivity contribution in [2.45, 2.75) is 0 Å². The van der Waals surface area contributed by atoms with Crippen LogP contribution in [0, 0.1) is 0 Å². The normalized spacial score (nSPS) is 10.1. The van der Waals surface area contributed by atoms with Gasteiger partial charge in [-0.25, -0.2) is 4.79 Å². The molecule has 0 saturated carbocycles. The number of carbonyl (C=O) groups excluding carboxylic acids is 2. The topological polar surface area (TPSA) is 113 Å². The summed E-state index contributed by atoms with van der Waals surface area (Å²) < 4.78 is 5.48. The average Bonchev–Trinajstić information content (AvgIpc) is 2.52. The Balaban J connectivity index is 2.30. The van der Waals surface area contributed by atoms with Crippen LogP contribution in [0.3, 0.4) is 0 Å². The van der Waals surface area contributed by atoms with E-state index in [9.17, 15) is 19.5 Å². The van der Waals surface area contributed by atoms with E-state index in [1.54, 1.807) is 0 Å². The summed E-state index contributed by atoms with van der Waals surface area (Å²) in [5.74, 6) is -2.88. The van der Waals surface area contributed by atoms with Gasteiger partial charge in [0.2, 0.25) is 0 Å². The Morgan fingerprint density at radius 3 is 2.29 bits per heavy atom. The molecule has 9 heteroatoms. The summed E-state index contributed by atoms with van der Waals surface area (Å²) in [6.07, 6.45) is 0.454. The second-order valence-electron chi connectivity index (χ2n) is 4.47. The van der Waals surface area contributed by atoms with Gasteiger partial charge in [-0.05, 0) is 30.3 Å². The van der Waals surface area contributed by atoms with Gasteiger partial charge in [0.1, 0.15) is 11.5 Å². The van der Waals surface area contributed by atoms with Gasteiger partial charge in [-0.15, -0.1) is 0 Å². The highest BCUT2D eigenvalue weighted by Gasteiger charge is 2.16. The molecule has 124 valence electrons. The molecule has 0 fully saturated rings. The fourth-order valence-corrected chi connectivity index (χ4v) is 2.29. The first-order chi connectivity index (χ1) is 11.3. The Kier molecular flexibility index (Phi) is 5.28. The minimum absolute atomic E-state index is 0.00363. The first-order valence-corrected chi connectivity index (χ1v) is 7.06. The van der Waals surface area contributed by atoms with Gasteiger partial charge in [-0.2, -0.15) is 0 Å². The predicted molar refractivity (Wildman–Crippen MR) is 86.3 cm³/mol. The van der Waals surface area contributed by atoms with Crippen LogP contribution in [0.15, 0.2) is 30.3 Å². The summed E-state index contributed by atoms with van der Waals surface area (Å²) in [5.41, 5.74) is 0.0918. The number of benzene rings is 2. The molecule has 0 bridgehead atoms. The van der Waals surface area contributed by atoms with E-state index in [2.05, 4.69) is 5.32 Å². The molecule has 0 aliphatic carbocycles. The summed E-state index contributed by atoms with van der Waals surface area (Å²) in [5, 5.41) is 20.1. The van der Waals surface area contributed by atoms with Gasteiger partial charge in [0.05, 0.1) is 15.6 Å². The third-order valence-corrected chi connectivity index (χ3v) is 3.36. The number of rotatable bonds is 4. The van der Waals surface area contributed by atoms with Crippen molar-refractivity contribution in [2.24, 2.45) is 0 Å². The molecule has 0 spiro atoms. The first-order valence-electron chi connectivity index (χ1n) is 6.31. The molecule has 0 aliphatic heterocycles. The first kappa shape index (κ1) is 17.6. The van der Waals surface area contributed by atoms with Crippen molar-refractivity contribution in [3.05, 3.63) is 45.9 Å². The van der Waals surface area contributed by atoms with Crippen LogP contribution in [0.4, 0.5) is 5.69 Å². The average molecular weight is 370 g/mol. The quantitative estimate of drug-likeness (QED) is 0.562. The van der Waals surface area contributed by atoms with Crippen LogP contribution in [0.25, 0.3) is 0 Å². The molecule has 2 rings (SSSR count). The Morgan fingerprint density at radius 2 is 1.75 bits per heavy atom. The van der Waals surface area contributed by atoms with Crippen molar-refractivity contribution >= 4 is 47.1 Å². The maximum absolute atomic E-state index is 11.1. The van der Waals surface area contributed by atoms with E-state index in [4.69, 9.17) is 33.0 Å². The van der Waals surface area contributed by atoms with Crippen LogP contribution in [-0.2, 0) is 9.59 Å². The number of phenols is 1. The number of anilines is 1. The number of ether oxygens (including phenoxy) is 1. The molecule has 0 heterocycles. The summed E-state index contributed by atoms with van der Waals surface area (Å²) in [6.45, 7) is 0. The molecular formula is C15H9Cl2NO6. The predicted octanol–water partition coefficient (Wildman–Crippen LogP) is 3.33. The standard InChI is InChI=1S/C15H9Cl2NO6/c16-10-4-8(18-14(21)15(22)23)5-11(17)13(10)24-9-1-2-12(20)7(3-9)6-19/h1-6,20H,(H,18,21)(H,22,23). The molecule has 2 aromatic rings. The van der Waals surface area contributed by atoms with Crippen molar-refractivity contribution in [2.75, 3.05) is 5.32 Å². The number of hydrogen-bond donors (Lipinski definition) is 3. The maximum Gasteiger partial charge on any atom is 0.394 e. The number of aliphatic carboxylic acids is 1. The van der Waals surface area contributed by atoms with Gasteiger partial charge in [0, 0.05) is 5.69 Å². The lowest BCUT2D eigenvalue weighted by atomic mass is 10.2. The number of carbonyl (C=O) groups is 3. The number of carboxylic acids is 1. The Hall–Kier alpha value is -2.77. The third-order valence-electron chi connectivity index (χ3n) is 2.80. The molecule has 0 saturated heterocycles. The van der Waals surface area contributed by atoms with E-state index < -0.39 is 11.9 Å². The molecular weight excluding hydrogens is 361 g/mol. The van der Waals surface area contributed by atoms with Crippen molar-refractivity contribution < 1.29 is 29.3 Å². The van der Waals surface area contributed by atoms with E-state index in [1.807, 2.05) is 0 Å². The number of amides is 1. The van der Waals surface area contributed by atoms with Gasteiger partial charge >= 0.3 is 11.9 Å². The lowest BCUT2D eigenvalue weighted by Crippen LogP contribution is -2.21. The van der Waals surface area contributed by atoms with Crippen molar-refractivity contribution in [3.63, 3.8) is 0 Å². The molecule has 0 aliphatic rings. The number of phenolic OH excluding ortho intramolecular Hbond substituents is 1. The monoisotopic (exact) mass is 369 g/mol. The van der Waals surface area contributed by atoms with E-state index >= 15 is 0 Å². The zero-order valence-corrected chi connectivity index (χ0v) is 13.3. The number of nitrogens with one attached hydrogen (secondary N) is 1. The summed E-state index contributed by atoms with van der Waals surface area (Å²) in [6, 6.07) is 6.46. The van der Waals surface area contributed by atoms with Crippen LogP contribution >= 0.6 is 23.2 Å². The maximum atomic E-state index is 11.1. The number of hydrogen-bond acceptors (Lipinski definition) is 5. The third kappa shape index (κ3) is 3.95. The molecule has 24 heavy (non-hydrogen) atoms. The van der Waals surface area contributed by atoms with E-state index in [1.165, 1.54) is 30.3 Å². The molecule has 0 atom stereocenters. The summed E-state index contributed by atoms with van der Waals surface area (Å²) in [7, 11) is 0. The van der Waals surface area contributed by atoms with Crippen LogP contribution in [-0.4, -0.2) is 28.4 Å². The Bertz CT molecular complexity index is 814. The number of halogens is 2. The zero-order chi connectivity index (χ0) is 17.9. The van der Waals surface area contributed by atoms with Crippen LogP contribution in [0.1, 0.15) is 10.4 Å². The summed E-state index contributed by atoms with van der Waals surface area (Å²) >= 11 is 12.1. The van der Waals surface area contributed by atoms with Crippen molar-refractivity contribution in [1.82, 2.24) is 0 Å². The van der Waals surface area contributed by atoms with E-state index in [-0.39, 0.29) is 38.5 Å². The van der Waals surface area contributed by atoms with Gasteiger partial charge < -0.3 is 20.3 Å². The second kappa shape index (κ2) is 7.20. The molecule has 0 unspecified atom stereocenters. The lowest BCUT2D eigenvalue weighted by molar-refractivity contribution is -0.147. The highest BCUT2D eigenvalue weighted by molar-refractivity contribution is 6.39. The smallest absolute Gasteiger partial charge is 0.394 e. The molecule has 1 amide bonds. The molecule has 2 aromatic carbocycles. The van der Waals surface area contributed by atoms with Gasteiger partial charge in [0.25, 0.3) is 0 Å².